The number of hydrogen-bond donors (Lipinski definition) is 0. The number of rotatable bonds is 1. The predicted molar refractivity (Wildman–Crippen MR) is 91.3 cm³/mol. The second-order valence-electron chi connectivity index (χ2n) is 5.56. The summed E-state index contributed by atoms with van der Waals surface area (Å²) < 4.78 is 0. The molecule has 1 heterocycles. The highest BCUT2D eigenvalue weighted by atomic mass is 35.5. The number of amides is 2. The summed E-state index contributed by atoms with van der Waals surface area (Å²) in [5.41, 5.74) is 2.49. The average molecular weight is 322 g/mol. The number of carbonyl (C=O) groups excluding carboxylic acids is 2. The maximum atomic E-state index is 12.9. The molecule has 0 aliphatic carbocycles. The highest BCUT2D eigenvalue weighted by Gasteiger charge is 2.34. The number of anilines is 1. The first-order chi connectivity index (χ1) is 11.1. The lowest BCUT2D eigenvalue weighted by molar-refractivity contribution is 0.0893. The van der Waals surface area contributed by atoms with E-state index in [-0.39, 0.29) is 11.8 Å². The average Bonchev–Trinajstić information content (AvgIpc) is 2.56. The topological polar surface area (TPSA) is 37.4 Å². The SMILES string of the molecule is Cc1ccccc1N1C(=O)c2cccc3c(Cl)ccc(c23)C1=O. The van der Waals surface area contributed by atoms with Crippen LogP contribution in [0.5, 0.6) is 0 Å². The molecule has 112 valence electrons. The fourth-order valence-electron chi connectivity index (χ4n) is 3.09. The van der Waals surface area contributed by atoms with Gasteiger partial charge in [-0.2, -0.15) is 0 Å². The van der Waals surface area contributed by atoms with Gasteiger partial charge in [-0.3, -0.25) is 9.59 Å². The van der Waals surface area contributed by atoms with E-state index in [1.165, 1.54) is 4.90 Å². The van der Waals surface area contributed by atoms with E-state index < -0.39 is 0 Å². The molecule has 0 bridgehead atoms. The van der Waals surface area contributed by atoms with Crippen molar-refractivity contribution in [1.29, 1.82) is 0 Å². The molecule has 1 aliphatic heterocycles. The van der Waals surface area contributed by atoms with Crippen LogP contribution >= 0.6 is 11.6 Å². The third kappa shape index (κ3) is 1.90. The molecule has 0 unspecified atom stereocenters. The monoisotopic (exact) mass is 321 g/mol. The number of benzene rings is 3. The lowest BCUT2D eigenvalue weighted by Crippen LogP contribution is -2.40. The first-order valence-corrected chi connectivity index (χ1v) is 7.63. The van der Waals surface area contributed by atoms with Crippen LogP contribution in [0.15, 0.2) is 54.6 Å². The van der Waals surface area contributed by atoms with Gasteiger partial charge in [-0.25, -0.2) is 4.90 Å². The van der Waals surface area contributed by atoms with Gasteiger partial charge in [-0.15, -0.1) is 0 Å². The van der Waals surface area contributed by atoms with Gasteiger partial charge >= 0.3 is 0 Å². The minimum atomic E-state index is -0.315. The number of imide groups is 1. The number of halogens is 1. The summed E-state index contributed by atoms with van der Waals surface area (Å²) in [4.78, 5) is 27.1. The summed E-state index contributed by atoms with van der Waals surface area (Å²) in [5.74, 6) is -0.630. The van der Waals surface area contributed by atoms with Crippen LogP contribution in [0.3, 0.4) is 0 Å². The third-order valence-corrected chi connectivity index (χ3v) is 4.54. The fraction of sp³-hybridized carbons (Fsp3) is 0.0526. The van der Waals surface area contributed by atoms with Crippen LogP contribution in [0.25, 0.3) is 10.8 Å². The smallest absolute Gasteiger partial charge is 0.265 e. The second-order valence-corrected chi connectivity index (χ2v) is 5.96. The Labute approximate surface area is 138 Å². The molecule has 4 rings (SSSR count). The van der Waals surface area contributed by atoms with Crippen LogP contribution in [0, 0.1) is 6.92 Å². The zero-order valence-electron chi connectivity index (χ0n) is 12.3. The van der Waals surface area contributed by atoms with E-state index in [1.807, 2.05) is 31.2 Å². The van der Waals surface area contributed by atoms with Gasteiger partial charge in [0.05, 0.1) is 5.69 Å². The normalized spacial score (nSPS) is 13.7. The van der Waals surface area contributed by atoms with Crippen LogP contribution in [-0.2, 0) is 0 Å². The molecule has 3 aromatic carbocycles. The number of para-hydroxylation sites is 1. The van der Waals surface area contributed by atoms with Crippen molar-refractivity contribution in [1.82, 2.24) is 0 Å². The molecule has 3 nitrogen and oxygen atoms in total. The van der Waals surface area contributed by atoms with Crippen molar-refractivity contribution in [3.8, 4) is 0 Å². The Bertz CT molecular complexity index is 972. The summed E-state index contributed by atoms with van der Waals surface area (Å²) >= 11 is 6.22. The van der Waals surface area contributed by atoms with E-state index in [4.69, 9.17) is 11.6 Å². The Morgan fingerprint density at radius 3 is 2.26 bits per heavy atom. The molecule has 0 aromatic heterocycles. The molecule has 1 aliphatic rings. The summed E-state index contributed by atoms with van der Waals surface area (Å²) in [6.45, 7) is 1.88. The summed E-state index contributed by atoms with van der Waals surface area (Å²) in [6, 6.07) is 16.1. The molecule has 0 N–H and O–H groups in total. The molecular formula is C19H12ClNO2. The predicted octanol–water partition coefficient (Wildman–Crippen LogP) is 4.60. The summed E-state index contributed by atoms with van der Waals surface area (Å²) in [6.07, 6.45) is 0. The molecule has 0 radical (unpaired) electrons. The van der Waals surface area contributed by atoms with E-state index in [1.54, 1.807) is 30.3 Å². The molecule has 0 spiro atoms. The molecule has 23 heavy (non-hydrogen) atoms. The number of hydrogen-bond acceptors (Lipinski definition) is 2. The van der Waals surface area contributed by atoms with Crippen molar-refractivity contribution in [2.75, 3.05) is 4.90 Å². The van der Waals surface area contributed by atoms with Gasteiger partial charge in [0.15, 0.2) is 0 Å². The molecule has 0 saturated carbocycles. The molecule has 4 heteroatoms. The van der Waals surface area contributed by atoms with Gasteiger partial charge in [0, 0.05) is 26.9 Å². The van der Waals surface area contributed by atoms with Crippen molar-refractivity contribution >= 4 is 39.9 Å². The largest absolute Gasteiger partial charge is 0.268 e. The molecule has 3 aromatic rings. The van der Waals surface area contributed by atoms with Crippen molar-refractivity contribution < 1.29 is 9.59 Å². The van der Waals surface area contributed by atoms with Gasteiger partial charge in [-0.05, 0) is 36.8 Å². The number of carbonyl (C=O) groups is 2. The highest BCUT2D eigenvalue weighted by Crippen LogP contribution is 2.36. The molecular weight excluding hydrogens is 310 g/mol. The van der Waals surface area contributed by atoms with Crippen LogP contribution in [0.4, 0.5) is 5.69 Å². The van der Waals surface area contributed by atoms with E-state index in [9.17, 15) is 9.59 Å². The minimum Gasteiger partial charge on any atom is -0.268 e. The van der Waals surface area contributed by atoms with Crippen LogP contribution in [0.1, 0.15) is 26.3 Å². The van der Waals surface area contributed by atoms with Gasteiger partial charge < -0.3 is 0 Å². The van der Waals surface area contributed by atoms with Crippen molar-refractivity contribution in [2.45, 2.75) is 6.92 Å². The summed E-state index contributed by atoms with van der Waals surface area (Å²) in [7, 11) is 0. The molecule has 0 fully saturated rings. The highest BCUT2D eigenvalue weighted by molar-refractivity contribution is 6.41. The Balaban J connectivity index is 2.04. The zero-order valence-corrected chi connectivity index (χ0v) is 13.1. The number of nitrogens with zero attached hydrogens (tertiary/aromatic N) is 1. The van der Waals surface area contributed by atoms with Gasteiger partial charge in [0.25, 0.3) is 11.8 Å². The van der Waals surface area contributed by atoms with Crippen LogP contribution in [0.2, 0.25) is 5.02 Å². The molecule has 0 saturated heterocycles. The standard InChI is InChI=1S/C19H12ClNO2/c1-11-5-2-3-8-16(11)21-18(22)13-7-4-6-12-15(20)10-9-14(17(12)13)19(21)23/h2-10H,1H3. The second kappa shape index (κ2) is 4.93. The lowest BCUT2D eigenvalue weighted by atomic mass is 9.93. The number of aryl methyl sites for hydroxylation is 1. The minimum absolute atomic E-state index is 0.315. The first-order valence-electron chi connectivity index (χ1n) is 7.25. The van der Waals surface area contributed by atoms with E-state index in [2.05, 4.69) is 0 Å². The summed E-state index contributed by atoms with van der Waals surface area (Å²) in [5, 5.41) is 1.91. The Kier molecular flexibility index (Phi) is 3.00. The third-order valence-electron chi connectivity index (χ3n) is 4.21. The molecule has 2 amide bonds. The van der Waals surface area contributed by atoms with Gasteiger partial charge in [-0.1, -0.05) is 41.9 Å². The van der Waals surface area contributed by atoms with Crippen molar-refractivity contribution in [3.05, 3.63) is 76.3 Å². The van der Waals surface area contributed by atoms with E-state index in [0.29, 0.717) is 27.2 Å². The van der Waals surface area contributed by atoms with Gasteiger partial charge in [0.1, 0.15) is 0 Å². The van der Waals surface area contributed by atoms with Crippen molar-refractivity contribution in [3.63, 3.8) is 0 Å². The van der Waals surface area contributed by atoms with Crippen LogP contribution in [-0.4, -0.2) is 11.8 Å². The maximum Gasteiger partial charge on any atom is 0.265 e. The Morgan fingerprint density at radius 2 is 1.52 bits per heavy atom. The van der Waals surface area contributed by atoms with Gasteiger partial charge in [0.2, 0.25) is 0 Å². The molecule has 0 atom stereocenters. The quantitative estimate of drug-likeness (QED) is 0.614. The van der Waals surface area contributed by atoms with E-state index >= 15 is 0 Å². The maximum absolute atomic E-state index is 12.9. The lowest BCUT2D eigenvalue weighted by Gasteiger charge is -2.28. The Hall–Kier alpha value is -2.65. The Morgan fingerprint density at radius 1 is 0.826 bits per heavy atom. The zero-order chi connectivity index (χ0) is 16.1. The first kappa shape index (κ1) is 14.0. The van der Waals surface area contributed by atoms with E-state index in [0.717, 1.165) is 10.9 Å². The van der Waals surface area contributed by atoms with Crippen LogP contribution < -0.4 is 4.90 Å². The fourth-order valence-corrected chi connectivity index (χ4v) is 3.31. The van der Waals surface area contributed by atoms with Crippen molar-refractivity contribution in [2.24, 2.45) is 0 Å².